The number of hydrogen-bond donors (Lipinski definition) is 1. The maximum absolute atomic E-state index is 12.8. The Morgan fingerprint density at radius 1 is 1.52 bits per heavy atom. The van der Waals surface area contributed by atoms with Crippen LogP contribution in [0.2, 0.25) is 5.02 Å². The minimum Gasteiger partial charge on any atom is -0.338 e. The highest BCUT2D eigenvalue weighted by molar-refractivity contribution is 9.10. The van der Waals surface area contributed by atoms with Crippen LogP contribution in [0.15, 0.2) is 22.7 Å². The van der Waals surface area contributed by atoms with Gasteiger partial charge in [0.15, 0.2) is 0 Å². The quantitative estimate of drug-likeness (QED) is 0.847. The van der Waals surface area contributed by atoms with Crippen molar-refractivity contribution in [2.75, 3.05) is 26.2 Å². The van der Waals surface area contributed by atoms with E-state index in [1.807, 2.05) is 11.0 Å². The molecular formula is C16H22BrClN2O. The highest BCUT2D eigenvalue weighted by Crippen LogP contribution is 2.23. The first kappa shape index (κ1) is 16.8. The monoisotopic (exact) mass is 372 g/mol. The first-order chi connectivity index (χ1) is 10.1. The molecule has 1 aromatic carbocycles. The Balaban J connectivity index is 2.12. The van der Waals surface area contributed by atoms with E-state index in [0.29, 0.717) is 16.5 Å². The van der Waals surface area contributed by atoms with Crippen LogP contribution >= 0.6 is 27.5 Å². The molecule has 5 heteroatoms. The van der Waals surface area contributed by atoms with E-state index in [9.17, 15) is 4.79 Å². The fraction of sp³-hybridized carbons (Fsp3) is 0.562. The third-order valence-electron chi connectivity index (χ3n) is 3.82. The first-order valence-corrected chi connectivity index (χ1v) is 8.74. The number of nitrogens with one attached hydrogen (secondary N) is 1. The highest BCUT2D eigenvalue weighted by atomic mass is 79.9. The lowest BCUT2D eigenvalue weighted by molar-refractivity contribution is 0.0718. The predicted molar refractivity (Wildman–Crippen MR) is 90.9 cm³/mol. The lowest BCUT2D eigenvalue weighted by Gasteiger charge is -2.30. The molecule has 0 spiro atoms. The Morgan fingerprint density at radius 2 is 2.33 bits per heavy atom. The van der Waals surface area contributed by atoms with Crippen LogP contribution in [0.4, 0.5) is 0 Å². The third kappa shape index (κ3) is 4.70. The molecule has 1 atom stereocenters. The molecule has 21 heavy (non-hydrogen) atoms. The Labute approximate surface area is 140 Å². The molecule has 1 heterocycles. The summed E-state index contributed by atoms with van der Waals surface area (Å²) in [6.07, 6.45) is 3.35. The predicted octanol–water partition coefficient (Wildman–Crippen LogP) is 3.95. The van der Waals surface area contributed by atoms with Crippen molar-refractivity contribution >= 4 is 33.4 Å². The smallest absolute Gasteiger partial charge is 0.255 e. The fourth-order valence-electron chi connectivity index (χ4n) is 2.77. The van der Waals surface area contributed by atoms with Crippen molar-refractivity contribution in [1.29, 1.82) is 0 Å². The number of carbonyl (C=O) groups is 1. The third-order valence-corrected chi connectivity index (χ3v) is 4.74. The molecule has 3 nitrogen and oxygen atoms in total. The van der Waals surface area contributed by atoms with Crippen LogP contribution in [-0.2, 0) is 0 Å². The van der Waals surface area contributed by atoms with Crippen LogP contribution in [0, 0.1) is 5.92 Å². The Bertz CT molecular complexity index is 489. The van der Waals surface area contributed by atoms with Crippen molar-refractivity contribution in [2.45, 2.75) is 26.2 Å². The summed E-state index contributed by atoms with van der Waals surface area (Å²) < 4.78 is 0.805. The standard InChI is InChI=1S/C16H22BrClN2O/c1-2-8-20(11-12-4-3-7-19-10-12)16(21)14-9-13(18)5-6-15(14)17/h5-6,9,12,19H,2-4,7-8,10-11H2,1H3. The van der Waals surface area contributed by atoms with Crippen LogP contribution in [0.25, 0.3) is 0 Å². The molecule has 0 bridgehead atoms. The van der Waals surface area contributed by atoms with Gasteiger partial charge in [0, 0.05) is 22.6 Å². The molecule has 1 unspecified atom stereocenters. The summed E-state index contributed by atoms with van der Waals surface area (Å²) in [6, 6.07) is 5.37. The van der Waals surface area contributed by atoms with Gasteiger partial charge in [-0.25, -0.2) is 0 Å². The Kier molecular flexibility index (Phi) is 6.52. The van der Waals surface area contributed by atoms with Gasteiger partial charge in [-0.1, -0.05) is 18.5 Å². The number of carbonyl (C=O) groups excluding carboxylic acids is 1. The van der Waals surface area contributed by atoms with Gasteiger partial charge in [-0.05, 0) is 72.4 Å². The molecule has 0 saturated carbocycles. The molecule has 1 aromatic rings. The van der Waals surface area contributed by atoms with Crippen LogP contribution in [-0.4, -0.2) is 37.0 Å². The van der Waals surface area contributed by atoms with Crippen molar-refractivity contribution in [3.05, 3.63) is 33.3 Å². The van der Waals surface area contributed by atoms with Crippen LogP contribution in [0.5, 0.6) is 0 Å². The molecular weight excluding hydrogens is 352 g/mol. The average molecular weight is 374 g/mol. The molecule has 1 aliphatic rings. The minimum atomic E-state index is 0.0665. The van der Waals surface area contributed by atoms with Gasteiger partial charge in [-0.2, -0.15) is 0 Å². The SMILES string of the molecule is CCCN(CC1CCCNC1)C(=O)c1cc(Cl)ccc1Br. The molecule has 116 valence electrons. The van der Waals surface area contributed by atoms with E-state index >= 15 is 0 Å². The molecule has 1 aliphatic heterocycles. The zero-order chi connectivity index (χ0) is 15.2. The van der Waals surface area contributed by atoms with E-state index in [4.69, 9.17) is 11.6 Å². The zero-order valence-electron chi connectivity index (χ0n) is 12.4. The zero-order valence-corrected chi connectivity index (χ0v) is 14.7. The molecule has 1 amide bonds. The summed E-state index contributed by atoms with van der Waals surface area (Å²) >= 11 is 9.49. The second kappa shape index (κ2) is 8.16. The molecule has 1 fully saturated rings. The van der Waals surface area contributed by atoms with Crippen molar-refractivity contribution < 1.29 is 4.79 Å². The molecule has 0 radical (unpaired) electrons. The van der Waals surface area contributed by atoms with Crippen molar-refractivity contribution in [3.8, 4) is 0 Å². The topological polar surface area (TPSA) is 32.3 Å². The van der Waals surface area contributed by atoms with Gasteiger partial charge in [0.2, 0.25) is 0 Å². The number of benzene rings is 1. The van der Waals surface area contributed by atoms with E-state index in [0.717, 1.165) is 37.1 Å². The second-order valence-electron chi connectivity index (χ2n) is 5.59. The van der Waals surface area contributed by atoms with Gasteiger partial charge in [0.1, 0.15) is 0 Å². The van der Waals surface area contributed by atoms with Gasteiger partial charge in [-0.15, -0.1) is 0 Å². The van der Waals surface area contributed by atoms with E-state index in [2.05, 4.69) is 28.2 Å². The second-order valence-corrected chi connectivity index (χ2v) is 6.88. The first-order valence-electron chi connectivity index (χ1n) is 7.57. The molecule has 0 aliphatic carbocycles. The van der Waals surface area contributed by atoms with Crippen molar-refractivity contribution in [2.24, 2.45) is 5.92 Å². The van der Waals surface area contributed by atoms with E-state index in [1.54, 1.807) is 12.1 Å². The maximum atomic E-state index is 12.8. The van der Waals surface area contributed by atoms with E-state index < -0.39 is 0 Å². The number of piperidine rings is 1. The van der Waals surface area contributed by atoms with Crippen LogP contribution < -0.4 is 5.32 Å². The average Bonchev–Trinajstić information content (AvgIpc) is 2.49. The number of nitrogens with zero attached hydrogens (tertiary/aromatic N) is 1. The Morgan fingerprint density at radius 3 is 3.00 bits per heavy atom. The lowest BCUT2D eigenvalue weighted by atomic mass is 9.98. The van der Waals surface area contributed by atoms with Crippen molar-refractivity contribution in [1.82, 2.24) is 10.2 Å². The van der Waals surface area contributed by atoms with Crippen LogP contribution in [0.3, 0.4) is 0 Å². The van der Waals surface area contributed by atoms with Gasteiger partial charge in [-0.3, -0.25) is 4.79 Å². The molecule has 1 saturated heterocycles. The van der Waals surface area contributed by atoms with Gasteiger partial charge in [0.25, 0.3) is 5.91 Å². The summed E-state index contributed by atoms with van der Waals surface area (Å²) in [6.45, 7) is 5.81. The summed E-state index contributed by atoms with van der Waals surface area (Å²) in [4.78, 5) is 14.8. The van der Waals surface area contributed by atoms with E-state index in [-0.39, 0.29) is 5.91 Å². The highest BCUT2D eigenvalue weighted by Gasteiger charge is 2.22. The number of amides is 1. The largest absolute Gasteiger partial charge is 0.338 e. The summed E-state index contributed by atoms with van der Waals surface area (Å²) in [5, 5.41) is 4.01. The van der Waals surface area contributed by atoms with Gasteiger partial charge >= 0.3 is 0 Å². The van der Waals surface area contributed by atoms with Crippen molar-refractivity contribution in [3.63, 3.8) is 0 Å². The van der Waals surface area contributed by atoms with E-state index in [1.165, 1.54) is 12.8 Å². The molecule has 0 aromatic heterocycles. The fourth-order valence-corrected chi connectivity index (χ4v) is 3.36. The van der Waals surface area contributed by atoms with Gasteiger partial charge < -0.3 is 10.2 Å². The molecule has 1 N–H and O–H groups in total. The normalized spacial score (nSPS) is 18.5. The summed E-state index contributed by atoms with van der Waals surface area (Å²) in [7, 11) is 0. The summed E-state index contributed by atoms with van der Waals surface area (Å²) in [5.41, 5.74) is 0.653. The number of rotatable bonds is 5. The lowest BCUT2D eigenvalue weighted by Crippen LogP contribution is -2.41. The van der Waals surface area contributed by atoms with Crippen LogP contribution in [0.1, 0.15) is 36.5 Å². The minimum absolute atomic E-state index is 0.0665. The Hall–Kier alpha value is -0.580. The maximum Gasteiger partial charge on any atom is 0.255 e. The summed E-state index contributed by atoms with van der Waals surface area (Å²) in [5.74, 6) is 0.615. The molecule has 2 rings (SSSR count). The van der Waals surface area contributed by atoms with Gasteiger partial charge in [0.05, 0.1) is 5.56 Å². The number of halogens is 2. The number of hydrogen-bond acceptors (Lipinski definition) is 2.